The van der Waals surface area contributed by atoms with Gasteiger partial charge in [0.25, 0.3) is 0 Å². The number of aliphatic hydroxyl groups excluding tert-OH is 1. The number of thioether (sulfide) groups is 1. The highest BCUT2D eigenvalue weighted by molar-refractivity contribution is 7.99. The molecule has 1 fully saturated rings. The molecule has 1 aromatic heterocycles. The minimum absolute atomic E-state index is 0.000910. The highest BCUT2D eigenvalue weighted by Crippen LogP contribution is 2.39. The number of carbonyl (C=O) groups is 2. The Kier molecular flexibility index (Phi) is 13.6. The van der Waals surface area contributed by atoms with E-state index in [1.54, 1.807) is 16.8 Å². The van der Waals surface area contributed by atoms with Gasteiger partial charge in [-0.1, -0.05) is 103 Å². The number of hydrogen-bond acceptors (Lipinski definition) is 10. The van der Waals surface area contributed by atoms with Gasteiger partial charge in [-0.15, -0.1) is 5.10 Å². The van der Waals surface area contributed by atoms with Crippen molar-refractivity contribution < 1.29 is 24.2 Å². The number of nitrogens with zero attached hydrogens (tertiary/aromatic N) is 4. The second-order valence-corrected chi connectivity index (χ2v) is 13.9. The lowest BCUT2D eigenvalue weighted by Gasteiger charge is -2.36. The maximum atomic E-state index is 12.5. The van der Waals surface area contributed by atoms with Crippen molar-refractivity contribution >= 4 is 35.0 Å². The van der Waals surface area contributed by atoms with E-state index in [2.05, 4.69) is 26.2 Å². The lowest BCUT2D eigenvalue weighted by molar-refractivity contribution is -0.245. The molecule has 6 rings (SSSR count). The molecule has 12 nitrogen and oxygen atoms in total. The van der Waals surface area contributed by atoms with Gasteiger partial charge >= 0.3 is 0 Å². The Hall–Kier alpha value is -5.08. The van der Waals surface area contributed by atoms with Gasteiger partial charge in [-0.2, -0.15) is 4.68 Å². The smallest absolute Gasteiger partial charge is 0.224 e. The largest absolute Gasteiger partial charge is 0.397 e. The second kappa shape index (κ2) is 19.1. The van der Waals surface area contributed by atoms with Crippen LogP contribution < -0.4 is 16.4 Å². The Bertz CT molecular complexity index is 1910. The monoisotopic (exact) mass is 735 g/mol. The third-order valence-electron chi connectivity index (χ3n) is 8.99. The van der Waals surface area contributed by atoms with Gasteiger partial charge in [0.15, 0.2) is 6.29 Å². The van der Waals surface area contributed by atoms with E-state index in [0.717, 1.165) is 53.6 Å². The van der Waals surface area contributed by atoms with Crippen LogP contribution in [0.1, 0.15) is 79.6 Å². The Morgan fingerprint density at radius 1 is 0.811 bits per heavy atom. The molecule has 0 unspecified atom stereocenters. The number of aliphatic hydroxyl groups is 1. The predicted octanol–water partition coefficient (Wildman–Crippen LogP) is 6.67. The zero-order chi connectivity index (χ0) is 36.8. The molecule has 1 saturated heterocycles. The normalized spacial score (nSPS) is 17.0. The number of para-hydroxylation sites is 3. The van der Waals surface area contributed by atoms with Crippen molar-refractivity contribution in [3.8, 4) is 5.69 Å². The van der Waals surface area contributed by atoms with Crippen LogP contribution in [0.3, 0.4) is 0 Å². The number of benzene rings is 4. The summed E-state index contributed by atoms with van der Waals surface area (Å²) in [7, 11) is 0. The zero-order valence-electron chi connectivity index (χ0n) is 29.5. The number of aromatic nitrogens is 4. The number of anilines is 2. The lowest BCUT2D eigenvalue weighted by Crippen LogP contribution is -2.31. The standard InChI is InChI=1S/C40H45N7O5S/c41-34-12-8-9-13-35(34)43-38(50)15-7-2-1-6-14-37(49)42-25-28-16-22-31(23-17-28)39-51-33(24-36(52-39)30-20-18-29(26-48)19-21-30)27-53-40-44-45-46-47(40)32-10-4-3-5-11-32/h3-5,8-13,16-23,33,36,39,48H,1-2,6-7,14-15,24-27,41H2,(H,42,49)(H,43,50)/t33-,36+,39+/m0/s1. The SMILES string of the molecule is Nc1ccccc1NC(=O)CCCCCCC(=O)NCc1ccc([C@@H]2O[C@H](CSc3nnnn3-c3ccccc3)C[C@H](c3ccc(CO)cc3)O2)cc1. The number of rotatable bonds is 17. The summed E-state index contributed by atoms with van der Waals surface area (Å²) in [5, 5.41) is 28.4. The van der Waals surface area contributed by atoms with Crippen molar-refractivity contribution in [2.75, 3.05) is 16.8 Å². The van der Waals surface area contributed by atoms with E-state index in [0.29, 0.717) is 48.1 Å². The molecule has 0 spiro atoms. The fourth-order valence-electron chi connectivity index (χ4n) is 6.02. The molecule has 2 heterocycles. The maximum absolute atomic E-state index is 12.5. The average Bonchev–Trinajstić information content (AvgIpc) is 3.68. The molecule has 5 aromatic rings. The predicted molar refractivity (Wildman–Crippen MR) is 204 cm³/mol. The van der Waals surface area contributed by atoms with Crippen LogP contribution in [0, 0.1) is 0 Å². The number of nitrogens with one attached hydrogen (secondary N) is 2. The van der Waals surface area contributed by atoms with Crippen LogP contribution in [0.5, 0.6) is 0 Å². The van der Waals surface area contributed by atoms with Crippen molar-refractivity contribution in [2.45, 2.75) is 81.8 Å². The average molecular weight is 736 g/mol. The first-order chi connectivity index (χ1) is 25.9. The maximum Gasteiger partial charge on any atom is 0.224 e. The van der Waals surface area contributed by atoms with Crippen LogP contribution in [0.2, 0.25) is 0 Å². The van der Waals surface area contributed by atoms with Gasteiger partial charge in [-0.05, 0) is 64.2 Å². The molecule has 3 atom stereocenters. The van der Waals surface area contributed by atoms with Gasteiger partial charge < -0.3 is 30.9 Å². The molecule has 2 amide bonds. The van der Waals surface area contributed by atoms with Gasteiger partial charge in [0.2, 0.25) is 17.0 Å². The number of nitrogen functional groups attached to an aromatic ring is 1. The minimum Gasteiger partial charge on any atom is -0.397 e. The van der Waals surface area contributed by atoms with E-state index in [-0.39, 0.29) is 30.6 Å². The number of amides is 2. The third-order valence-corrected chi connectivity index (χ3v) is 10.0. The lowest BCUT2D eigenvalue weighted by atomic mass is 10.0. The summed E-state index contributed by atoms with van der Waals surface area (Å²) in [4.78, 5) is 24.7. The molecule has 13 heteroatoms. The summed E-state index contributed by atoms with van der Waals surface area (Å²) in [5.41, 5.74) is 11.7. The van der Waals surface area contributed by atoms with Gasteiger partial charge in [0.1, 0.15) is 0 Å². The Morgan fingerprint density at radius 2 is 1.49 bits per heavy atom. The molecular weight excluding hydrogens is 691 g/mol. The highest BCUT2D eigenvalue weighted by atomic mass is 32.2. The summed E-state index contributed by atoms with van der Waals surface area (Å²) in [6, 6.07) is 32.7. The van der Waals surface area contributed by atoms with E-state index in [1.807, 2.05) is 91.0 Å². The van der Waals surface area contributed by atoms with Crippen LogP contribution in [-0.2, 0) is 32.2 Å². The summed E-state index contributed by atoms with van der Waals surface area (Å²) >= 11 is 1.53. The zero-order valence-corrected chi connectivity index (χ0v) is 30.3. The fourth-order valence-corrected chi connectivity index (χ4v) is 6.93. The first-order valence-electron chi connectivity index (χ1n) is 17.9. The van der Waals surface area contributed by atoms with Crippen LogP contribution in [-0.4, -0.2) is 49.0 Å². The van der Waals surface area contributed by atoms with Crippen LogP contribution in [0.25, 0.3) is 5.69 Å². The molecule has 5 N–H and O–H groups in total. The molecular formula is C40H45N7O5S. The van der Waals surface area contributed by atoms with E-state index >= 15 is 0 Å². The first-order valence-corrected chi connectivity index (χ1v) is 18.9. The van der Waals surface area contributed by atoms with E-state index in [4.69, 9.17) is 15.2 Å². The summed E-state index contributed by atoms with van der Waals surface area (Å²) in [6.45, 7) is 0.400. The van der Waals surface area contributed by atoms with Crippen molar-refractivity contribution in [3.63, 3.8) is 0 Å². The fraction of sp³-hybridized carbons (Fsp3) is 0.325. The third kappa shape index (κ3) is 11.0. The van der Waals surface area contributed by atoms with Gasteiger partial charge in [0, 0.05) is 37.1 Å². The number of nitrogens with two attached hydrogens (primary N) is 1. The molecule has 1 aliphatic heterocycles. The number of hydrogen-bond donors (Lipinski definition) is 4. The molecule has 0 radical (unpaired) electrons. The van der Waals surface area contributed by atoms with Crippen molar-refractivity contribution in [2.24, 2.45) is 0 Å². The number of carbonyl (C=O) groups excluding carboxylic acids is 2. The molecule has 276 valence electrons. The Morgan fingerprint density at radius 3 is 2.23 bits per heavy atom. The second-order valence-electron chi connectivity index (χ2n) is 12.9. The topological polar surface area (TPSA) is 167 Å². The molecule has 0 saturated carbocycles. The molecule has 53 heavy (non-hydrogen) atoms. The van der Waals surface area contributed by atoms with Gasteiger partial charge in [-0.25, -0.2) is 0 Å². The van der Waals surface area contributed by atoms with Crippen molar-refractivity contribution in [1.82, 2.24) is 25.5 Å². The molecule has 1 aliphatic rings. The number of ether oxygens (including phenoxy) is 2. The molecule has 0 aliphatic carbocycles. The van der Waals surface area contributed by atoms with E-state index in [1.165, 1.54) is 11.8 Å². The van der Waals surface area contributed by atoms with Crippen molar-refractivity contribution in [1.29, 1.82) is 0 Å². The quantitative estimate of drug-likeness (QED) is 0.0460. The van der Waals surface area contributed by atoms with Gasteiger partial charge in [0.05, 0.1) is 35.9 Å². The van der Waals surface area contributed by atoms with E-state index < -0.39 is 6.29 Å². The minimum atomic E-state index is -0.604. The Balaban J connectivity index is 0.973. The molecule has 4 aromatic carbocycles. The van der Waals surface area contributed by atoms with Crippen LogP contribution >= 0.6 is 11.8 Å². The summed E-state index contributed by atoms with van der Waals surface area (Å²) < 4.78 is 14.7. The summed E-state index contributed by atoms with van der Waals surface area (Å²) in [6.07, 6.45) is 3.78. The Labute approximate surface area is 313 Å². The van der Waals surface area contributed by atoms with Crippen LogP contribution in [0.15, 0.2) is 108 Å². The molecule has 0 bridgehead atoms. The first kappa shape index (κ1) is 37.7. The van der Waals surface area contributed by atoms with Crippen LogP contribution in [0.4, 0.5) is 11.4 Å². The number of tetrazole rings is 1. The number of unbranched alkanes of at least 4 members (excludes halogenated alkanes) is 3. The van der Waals surface area contributed by atoms with Gasteiger partial charge in [-0.3, -0.25) is 9.59 Å². The highest BCUT2D eigenvalue weighted by Gasteiger charge is 2.32. The van der Waals surface area contributed by atoms with E-state index in [9.17, 15) is 14.7 Å². The van der Waals surface area contributed by atoms with Crippen molar-refractivity contribution in [3.05, 3.63) is 125 Å². The summed E-state index contributed by atoms with van der Waals surface area (Å²) in [5.74, 6) is 0.555.